The normalized spacial score (nSPS) is 16.0. The molecule has 1 fully saturated rings. The van der Waals surface area contributed by atoms with Gasteiger partial charge in [-0.15, -0.1) is 0 Å². The highest BCUT2D eigenvalue weighted by Crippen LogP contribution is 2.21. The quantitative estimate of drug-likeness (QED) is 0.745. The van der Waals surface area contributed by atoms with E-state index in [4.69, 9.17) is 0 Å². The molecule has 0 N–H and O–H groups in total. The zero-order chi connectivity index (χ0) is 19.4. The Morgan fingerprint density at radius 1 is 1.07 bits per heavy atom. The maximum absolute atomic E-state index is 13.0. The van der Waals surface area contributed by atoms with Gasteiger partial charge in [0, 0.05) is 41.3 Å². The van der Waals surface area contributed by atoms with Crippen LogP contribution in [-0.2, 0) is 0 Å². The molecule has 142 valence electrons. The van der Waals surface area contributed by atoms with Crippen molar-refractivity contribution in [2.45, 2.75) is 32.7 Å². The van der Waals surface area contributed by atoms with Gasteiger partial charge in [-0.2, -0.15) is 0 Å². The Hall–Kier alpha value is -2.21. The van der Waals surface area contributed by atoms with Gasteiger partial charge in [-0.05, 0) is 63.1 Å². The number of piperidine rings is 1. The zero-order valence-corrected chi connectivity index (χ0v) is 17.2. The lowest BCUT2D eigenvalue weighted by molar-refractivity contribution is 0.0618. The molecular weight excluding hydrogens is 406 g/mol. The highest BCUT2D eigenvalue weighted by Gasteiger charge is 2.28. The summed E-state index contributed by atoms with van der Waals surface area (Å²) in [4.78, 5) is 32.0. The first-order chi connectivity index (χ1) is 13.0. The van der Waals surface area contributed by atoms with E-state index in [-0.39, 0.29) is 23.8 Å². The fraction of sp³-hybridized carbons (Fsp3) is 0.381. The number of halogens is 1. The van der Waals surface area contributed by atoms with Crippen LogP contribution >= 0.6 is 15.9 Å². The molecule has 0 spiro atoms. The van der Waals surface area contributed by atoms with Gasteiger partial charge in [-0.25, -0.2) is 0 Å². The van der Waals surface area contributed by atoms with E-state index >= 15 is 0 Å². The first kappa shape index (κ1) is 19.5. The Balaban J connectivity index is 1.68. The Bertz CT molecular complexity index is 879. The molecular formula is C21H24BrN3O2. The van der Waals surface area contributed by atoms with Gasteiger partial charge in [-0.1, -0.05) is 22.0 Å². The molecule has 0 atom stereocenters. The molecule has 0 unspecified atom stereocenters. The standard InChI is InChI=1S/C21H24BrN3O2/c1-15(2)23-19-5-3-4-12-25(19)21(27)17-10-13-24(14-11-17)20(26)16-6-8-18(22)9-7-16/h3-9,12,15,17H,10-11,13-14H2,1-2H3. The van der Waals surface area contributed by atoms with E-state index < -0.39 is 0 Å². The van der Waals surface area contributed by atoms with Crippen LogP contribution in [0.25, 0.3) is 0 Å². The van der Waals surface area contributed by atoms with Gasteiger partial charge in [-0.3, -0.25) is 19.1 Å². The summed E-state index contributed by atoms with van der Waals surface area (Å²) >= 11 is 3.38. The van der Waals surface area contributed by atoms with Crippen LogP contribution in [0.2, 0.25) is 0 Å². The molecule has 1 aliphatic heterocycles. The van der Waals surface area contributed by atoms with E-state index in [1.54, 1.807) is 10.8 Å². The van der Waals surface area contributed by atoms with Crippen molar-refractivity contribution in [1.82, 2.24) is 9.47 Å². The smallest absolute Gasteiger partial charge is 0.253 e. The number of benzene rings is 1. The van der Waals surface area contributed by atoms with Gasteiger partial charge in [0.1, 0.15) is 5.49 Å². The van der Waals surface area contributed by atoms with Crippen LogP contribution in [0.5, 0.6) is 0 Å². The molecule has 1 aliphatic rings. The molecule has 2 heterocycles. The van der Waals surface area contributed by atoms with Crippen molar-refractivity contribution in [3.05, 3.63) is 64.2 Å². The van der Waals surface area contributed by atoms with Crippen molar-refractivity contribution in [3.63, 3.8) is 0 Å². The molecule has 0 aliphatic carbocycles. The van der Waals surface area contributed by atoms with Crippen LogP contribution in [0, 0.1) is 5.92 Å². The van der Waals surface area contributed by atoms with Crippen molar-refractivity contribution in [3.8, 4) is 0 Å². The SMILES string of the molecule is CC(C)N=c1ccccn1C(=O)C1CCN(C(=O)c2ccc(Br)cc2)CC1. The van der Waals surface area contributed by atoms with Crippen molar-refractivity contribution in [2.75, 3.05) is 13.1 Å². The summed E-state index contributed by atoms with van der Waals surface area (Å²) in [5, 5.41) is 0. The number of nitrogens with zero attached hydrogens (tertiary/aromatic N) is 3. The molecule has 27 heavy (non-hydrogen) atoms. The van der Waals surface area contributed by atoms with Crippen molar-refractivity contribution in [1.29, 1.82) is 0 Å². The fourth-order valence-corrected chi connectivity index (χ4v) is 3.56. The molecule has 1 aromatic carbocycles. The summed E-state index contributed by atoms with van der Waals surface area (Å²) in [6, 6.07) is 13.1. The number of carbonyl (C=O) groups excluding carboxylic acids is 2. The number of rotatable bonds is 3. The number of amides is 1. The van der Waals surface area contributed by atoms with Crippen LogP contribution in [-0.4, -0.2) is 40.4 Å². The van der Waals surface area contributed by atoms with Gasteiger partial charge >= 0.3 is 0 Å². The molecule has 1 amide bonds. The minimum absolute atomic E-state index is 0.0243. The number of carbonyl (C=O) groups is 2. The van der Waals surface area contributed by atoms with Gasteiger partial charge in [0.15, 0.2) is 0 Å². The largest absolute Gasteiger partial charge is 0.339 e. The second-order valence-electron chi connectivity index (χ2n) is 7.06. The van der Waals surface area contributed by atoms with E-state index in [2.05, 4.69) is 20.9 Å². The molecule has 5 nitrogen and oxygen atoms in total. The maximum atomic E-state index is 13.0. The number of pyridine rings is 1. The third-order valence-electron chi connectivity index (χ3n) is 4.69. The molecule has 0 bridgehead atoms. The summed E-state index contributed by atoms with van der Waals surface area (Å²) in [5.41, 5.74) is 1.37. The Morgan fingerprint density at radius 2 is 1.74 bits per heavy atom. The van der Waals surface area contributed by atoms with Gasteiger partial charge < -0.3 is 4.90 Å². The number of likely N-dealkylation sites (tertiary alicyclic amines) is 1. The van der Waals surface area contributed by atoms with E-state index in [1.165, 1.54) is 0 Å². The van der Waals surface area contributed by atoms with E-state index in [1.807, 2.05) is 61.2 Å². The minimum Gasteiger partial charge on any atom is -0.339 e. The summed E-state index contributed by atoms with van der Waals surface area (Å²) in [6.07, 6.45) is 3.12. The maximum Gasteiger partial charge on any atom is 0.253 e. The van der Waals surface area contributed by atoms with E-state index in [0.717, 1.165) is 4.47 Å². The molecule has 0 saturated carbocycles. The van der Waals surface area contributed by atoms with Crippen LogP contribution < -0.4 is 5.49 Å². The predicted octanol–water partition coefficient (Wildman–Crippen LogP) is 3.75. The summed E-state index contributed by atoms with van der Waals surface area (Å²) in [6.45, 7) is 5.17. The number of hydrogen-bond donors (Lipinski definition) is 0. The summed E-state index contributed by atoms with van der Waals surface area (Å²) in [5.74, 6) is -0.00511. The van der Waals surface area contributed by atoms with E-state index in [9.17, 15) is 9.59 Å². The van der Waals surface area contributed by atoms with E-state index in [0.29, 0.717) is 37.0 Å². The lowest BCUT2D eigenvalue weighted by atomic mass is 9.95. The molecule has 2 aromatic rings. The molecule has 3 rings (SSSR count). The first-order valence-electron chi connectivity index (χ1n) is 9.26. The molecule has 6 heteroatoms. The van der Waals surface area contributed by atoms with Crippen LogP contribution in [0.4, 0.5) is 0 Å². The second-order valence-corrected chi connectivity index (χ2v) is 7.98. The van der Waals surface area contributed by atoms with Crippen molar-refractivity contribution in [2.24, 2.45) is 10.9 Å². The van der Waals surface area contributed by atoms with Crippen LogP contribution in [0.15, 0.2) is 58.1 Å². The van der Waals surface area contributed by atoms with Crippen molar-refractivity contribution < 1.29 is 9.59 Å². The number of aromatic nitrogens is 1. The number of hydrogen-bond acceptors (Lipinski definition) is 3. The molecule has 0 radical (unpaired) electrons. The third kappa shape index (κ3) is 4.75. The average molecular weight is 430 g/mol. The lowest BCUT2D eigenvalue weighted by Crippen LogP contribution is -2.42. The highest BCUT2D eigenvalue weighted by atomic mass is 79.9. The monoisotopic (exact) mass is 429 g/mol. The summed E-state index contributed by atoms with van der Waals surface area (Å²) < 4.78 is 2.60. The Kier molecular flexibility index (Phi) is 6.26. The fourth-order valence-electron chi connectivity index (χ4n) is 3.29. The van der Waals surface area contributed by atoms with Gasteiger partial charge in [0.25, 0.3) is 5.91 Å². The van der Waals surface area contributed by atoms with Crippen molar-refractivity contribution >= 4 is 27.7 Å². The second kappa shape index (κ2) is 8.65. The van der Waals surface area contributed by atoms with Crippen LogP contribution in [0.3, 0.4) is 0 Å². The summed E-state index contributed by atoms with van der Waals surface area (Å²) in [7, 11) is 0. The molecule has 1 aromatic heterocycles. The Labute approximate surface area is 167 Å². The Morgan fingerprint density at radius 3 is 2.37 bits per heavy atom. The first-order valence-corrected chi connectivity index (χ1v) is 10.1. The third-order valence-corrected chi connectivity index (χ3v) is 5.22. The van der Waals surface area contributed by atoms with Gasteiger partial charge in [0.05, 0.1) is 0 Å². The van der Waals surface area contributed by atoms with Crippen LogP contribution in [0.1, 0.15) is 41.8 Å². The van der Waals surface area contributed by atoms with Gasteiger partial charge in [0.2, 0.25) is 5.91 Å². The average Bonchev–Trinajstić information content (AvgIpc) is 2.68. The predicted molar refractivity (Wildman–Crippen MR) is 109 cm³/mol. The molecule has 1 saturated heterocycles. The lowest BCUT2D eigenvalue weighted by Gasteiger charge is -2.31. The highest BCUT2D eigenvalue weighted by molar-refractivity contribution is 9.10. The topological polar surface area (TPSA) is 54.7 Å². The zero-order valence-electron chi connectivity index (χ0n) is 15.6. The minimum atomic E-state index is -0.0903.